The van der Waals surface area contributed by atoms with Crippen LogP contribution in [0.15, 0.2) is 46.7 Å². The lowest BCUT2D eigenvalue weighted by Gasteiger charge is -2.01. The molecule has 0 aliphatic carbocycles. The van der Waals surface area contributed by atoms with Crippen LogP contribution in [0.3, 0.4) is 0 Å². The van der Waals surface area contributed by atoms with Gasteiger partial charge in [0.2, 0.25) is 5.16 Å². The van der Waals surface area contributed by atoms with Gasteiger partial charge in [0.1, 0.15) is 11.1 Å². The van der Waals surface area contributed by atoms with Crippen LogP contribution in [-0.4, -0.2) is 19.6 Å². The van der Waals surface area contributed by atoms with Gasteiger partial charge in [0.05, 0.1) is 5.69 Å². The molecule has 3 heterocycles. The van der Waals surface area contributed by atoms with E-state index in [2.05, 4.69) is 15.2 Å². The molecule has 0 aliphatic heterocycles. The third kappa shape index (κ3) is 2.09. The highest BCUT2D eigenvalue weighted by atomic mass is 32.2. The summed E-state index contributed by atoms with van der Waals surface area (Å²) in [6, 6.07) is 11.0. The van der Waals surface area contributed by atoms with E-state index >= 15 is 0 Å². The molecule has 0 aliphatic rings. The molecule has 92 valence electrons. The second kappa shape index (κ2) is 4.59. The number of nitrogens with zero attached hydrogens (tertiary/aromatic N) is 5. The lowest BCUT2D eigenvalue weighted by molar-refractivity contribution is 0.916. The van der Waals surface area contributed by atoms with Crippen molar-refractivity contribution in [1.82, 2.24) is 19.6 Å². The van der Waals surface area contributed by atoms with Crippen molar-refractivity contribution < 1.29 is 0 Å². The average molecular weight is 268 g/mol. The van der Waals surface area contributed by atoms with Gasteiger partial charge in [-0.2, -0.15) is 5.26 Å². The molecule has 3 aromatic rings. The molecule has 0 aromatic carbocycles. The molecule has 0 saturated carbocycles. The van der Waals surface area contributed by atoms with E-state index in [1.54, 1.807) is 12.1 Å². The number of hydrogen-bond donors (Lipinski definition) is 1. The Kier molecular flexibility index (Phi) is 2.78. The van der Waals surface area contributed by atoms with Gasteiger partial charge in [-0.1, -0.05) is 6.07 Å². The minimum atomic E-state index is 0.221. The summed E-state index contributed by atoms with van der Waals surface area (Å²) in [7, 11) is 0. The SMILES string of the molecule is N#Cc1nc(Sc2nnc3ccccn23)ccc1N. The van der Waals surface area contributed by atoms with Gasteiger partial charge in [0.15, 0.2) is 11.3 Å². The zero-order chi connectivity index (χ0) is 13.2. The lowest BCUT2D eigenvalue weighted by atomic mass is 10.3. The highest BCUT2D eigenvalue weighted by molar-refractivity contribution is 7.99. The maximum Gasteiger partial charge on any atom is 0.201 e. The van der Waals surface area contributed by atoms with Crippen LogP contribution < -0.4 is 5.73 Å². The summed E-state index contributed by atoms with van der Waals surface area (Å²) in [5.74, 6) is 0. The topological polar surface area (TPSA) is 92.9 Å². The van der Waals surface area contributed by atoms with E-state index in [9.17, 15) is 0 Å². The number of rotatable bonds is 2. The molecule has 0 atom stereocenters. The number of nitriles is 1. The van der Waals surface area contributed by atoms with Crippen LogP contribution in [0.2, 0.25) is 0 Å². The van der Waals surface area contributed by atoms with Gasteiger partial charge in [-0.3, -0.25) is 4.40 Å². The maximum atomic E-state index is 8.91. The second-order valence-corrected chi connectivity index (χ2v) is 4.70. The molecule has 7 heteroatoms. The first-order valence-electron chi connectivity index (χ1n) is 5.42. The predicted molar refractivity (Wildman–Crippen MR) is 70.5 cm³/mol. The third-order valence-corrected chi connectivity index (χ3v) is 3.38. The summed E-state index contributed by atoms with van der Waals surface area (Å²) in [5, 5.41) is 18.4. The van der Waals surface area contributed by atoms with Crippen molar-refractivity contribution in [2.75, 3.05) is 5.73 Å². The molecular weight excluding hydrogens is 260 g/mol. The summed E-state index contributed by atoms with van der Waals surface area (Å²) < 4.78 is 1.86. The average Bonchev–Trinajstić information content (AvgIpc) is 2.84. The molecule has 2 N–H and O–H groups in total. The number of hydrogen-bond acceptors (Lipinski definition) is 6. The third-order valence-electron chi connectivity index (χ3n) is 2.49. The van der Waals surface area contributed by atoms with E-state index in [1.165, 1.54) is 11.8 Å². The largest absolute Gasteiger partial charge is 0.396 e. The van der Waals surface area contributed by atoms with Gasteiger partial charge in [0, 0.05) is 6.20 Å². The minimum Gasteiger partial charge on any atom is -0.396 e. The molecule has 3 aromatic heterocycles. The van der Waals surface area contributed by atoms with Gasteiger partial charge in [-0.05, 0) is 36.0 Å². The molecule has 3 rings (SSSR count). The van der Waals surface area contributed by atoms with Crippen LogP contribution in [0, 0.1) is 11.3 Å². The minimum absolute atomic E-state index is 0.221. The molecule has 0 bridgehead atoms. The fraction of sp³-hybridized carbons (Fsp3) is 0. The van der Waals surface area contributed by atoms with Crippen LogP contribution >= 0.6 is 11.8 Å². The van der Waals surface area contributed by atoms with Crippen LogP contribution in [0.25, 0.3) is 5.65 Å². The van der Waals surface area contributed by atoms with E-state index in [-0.39, 0.29) is 5.69 Å². The zero-order valence-corrected chi connectivity index (χ0v) is 10.5. The quantitative estimate of drug-likeness (QED) is 0.760. The molecule has 0 spiro atoms. The van der Waals surface area contributed by atoms with Crippen molar-refractivity contribution in [1.29, 1.82) is 5.26 Å². The summed E-state index contributed by atoms with van der Waals surface area (Å²) >= 11 is 1.33. The fourth-order valence-electron chi connectivity index (χ4n) is 1.58. The van der Waals surface area contributed by atoms with Crippen molar-refractivity contribution in [3.05, 3.63) is 42.2 Å². The monoisotopic (exact) mass is 268 g/mol. The molecule has 0 unspecified atom stereocenters. The van der Waals surface area contributed by atoms with E-state index < -0.39 is 0 Å². The Morgan fingerprint density at radius 3 is 2.95 bits per heavy atom. The van der Waals surface area contributed by atoms with Gasteiger partial charge < -0.3 is 5.73 Å². The fourth-order valence-corrected chi connectivity index (χ4v) is 2.38. The normalized spacial score (nSPS) is 10.5. The summed E-state index contributed by atoms with van der Waals surface area (Å²) in [4.78, 5) is 4.17. The Balaban J connectivity index is 2.00. The Hall–Kier alpha value is -2.59. The summed E-state index contributed by atoms with van der Waals surface area (Å²) in [6.07, 6.45) is 1.88. The van der Waals surface area contributed by atoms with Crippen molar-refractivity contribution in [2.24, 2.45) is 0 Å². The van der Waals surface area contributed by atoms with Gasteiger partial charge in [-0.15, -0.1) is 10.2 Å². The van der Waals surface area contributed by atoms with Crippen LogP contribution in [0.4, 0.5) is 5.69 Å². The Bertz CT molecular complexity index is 788. The lowest BCUT2D eigenvalue weighted by Crippen LogP contribution is -1.95. The smallest absolute Gasteiger partial charge is 0.201 e. The van der Waals surface area contributed by atoms with Gasteiger partial charge >= 0.3 is 0 Å². The van der Waals surface area contributed by atoms with E-state index in [4.69, 9.17) is 11.0 Å². The summed E-state index contributed by atoms with van der Waals surface area (Å²) in [6.45, 7) is 0. The molecule has 0 fully saturated rings. The van der Waals surface area contributed by atoms with Gasteiger partial charge in [-0.25, -0.2) is 4.98 Å². The molecular formula is C12H8N6S. The Morgan fingerprint density at radius 1 is 1.21 bits per heavy atom. The van der Waals surface area contributed by atoms with Crippen LogP contribution in [0.1, 0.15) is 5.69 Å². The highest BCUT2D eigenvalue weighted by Crippen LogP contribution is 2.26. The zero-order valence-electron chi connectivity index (χ0n) is 9.69. The van der Waals surface area contributed by atoms with E-state index in [0.717, 1.165) is 5.65 Å². The number of nitrogen functional groups attached to an aromatic ring is 1. The van der Waals surface area contributed by atoms with E-state index in [0.29, 0.717) is 15.9 Å². The first-order valence-corrected chi connectivity index (χ1v) is 6.24. The predicted octanol–water partition coefficient (Wildman–Crippen LogP) is 1.73. The maximum absolute atomic E-state index is 8.91. The molecule has 6 nitrogen and oxygen atoms in total. The summed E-state index contributed by atoms with van der Waals surface area (Å²) in [5.41, 5.74) is 7.00. The molecule has 19 heavy (non-hydrogen) atoms. The second-order valence-electron chi connectivity index (χ2n) is 3.71. The number of anilines is 1. The Morgan fingerprint density at radius 2 is 2.11 bits per heavy atom. The van der Waals surface area contributed by atoms with Crippen molar-refractivity contribution in [2.45, 2.75) is 10.2 Å². The highest BCUT2D eigenvalue weighted by Gasteiger charge is 2.09. The first kappa shape index (κ1) is 11.5. The molecule has 0 saturated heterocycles. The van der Waals surface area contributed by atoms with Crippen LogP contribution in [0.5, 0.6) is 0 Å². The standard InChI is InChI=1S/C12H8N6S/c13-7-9-8(14)4-5-11(15-9)19-12-17-16-10-3-1-2-6-18(10)12/h1-6H,14H2. The number of fused-ring (bicyclic) bond motifs is 1. The van der Waals surface area contributed by atoms with Crippen molar-refractivity contribution >= 4 is 23.1 Å². The number of nitrogens with two attached hydrogens (primary N) is 1. The van der Waals surface area contributed by atoms with Crippen LogP contribution in [-0.2, 0) is 0 Å². The van der Waals surface area contributed by atoms with E-state index in [1.807, 2.05) is 34.9 Å². The first-order chi connectivity index (χ1) is 9.28. The molecule has 0 amide bonds. The van der Waals surface area contributed by atoms with Crippen molar-refractivity contribution in [3.63, 3.8) is 0 Å². The molecule has 0 radical (unpaired) electrons. The number of aromatic nitrogens is 4. The van der Waals surface area contributed by atoms with Crippen molar-refractivity contribution in [3.8, 4) is 6.07 Å². The van der Waals surface area contributed by atoms with Gasteiger partial charge in [0.25, 0.3) is 0 Å². The number of pyridine rings is 2. The Labute approximate surface area is 112 Å².